The number of carbonyl (C=O) groups excluding carboxylic acids is 4. The van der Waals surface area contributed by atoms with Gasteiger partial charge in [0, 0.05) is 25.7 Å². The number of aliphatic hydroxyl groups excluding tert-OH is 1. The summed E-state index contributed by atoms with van der Waals surface area (Å²) in [6.07, 6.45) is 81.3. The number of esters is 4. The highest BCUT2D eigenvalue weighted by atomic mass is 31.2. The van der Waals surface area contributed by atoms with Crippen LogP contribution in [-0.2, 0) is 65.4 Å². The zero-order valence-electron chi connectivity index (χ0n) is 66.2. The SMILES string of the molecule is CCCCC/C=C\C/C=C\C/C=C\C/C=C\C/C=C\CCC(=O)O[C@H](COC(=O)CCCCCCCCCCCCCCCCC)COP(=O)(O)OC[C@H](O)COP(=O)(O)OC[C@@H](COC(=O)CCCCCCCCC/C=C\CCCCCC)OC(=O)CCCCCCC/C=C\CCCCCCCC. The van der Waals surface area contributed by atoms with Gasteiger partial charge >= 0.3 is 39.5 Å². The topological polar surface area (TPSA) is 237 Å². The summed E-state index contributed by atoms with van der Waals surface area (Å²) in [4.78, 5) is 73.1. The minimum Gasteiger partial charge on any atom is -0.462 e. The number of ether oxygens (including phenoxy) is 4. The van der Waals surface area contributed by atoms with E-state index in [4.69, 9.17) is 37.0 Å². The van der Waals surface area contributed by atoms with Crippen LogP contribution in [0.4, 0.5) is 0 Å². The van der Waals surface area contributed by atoms with Gasteiger partial charge in [0.05, 0.1) is 26.4 Å². The van der Waals surface area contributed by atoms with E-state index in [1.54, 1.807) is 0 Å². The van der Waals surface area contributed by atoms with Gasteiger partial charge in [-0.05, 0) is 116 Å². The molecule has 0 saturated carbocycles. The maximum Gasteiger partial charge on any atom is 0.472 e. The largest absolute Gasteiger partial charge is 0.472 e. The standard InChI is InChI=1S/C85H152O17P2/c1-5-9-13-17-21-25-29-33-37-38-39-40-44-48-52-56-60-64-68-72-85(90)102-81(76-96-83(88)70-66-62-58-54-50-46-42-35-31-27-23-19-15-11-7-3)78-100-104(93,94)98-74-79(86)73-97-103(91,92)99-77-80(101-84(89)71-67-63-59-55-51-47-43-36-32-28-24-20-16-12-8-4)75-95-82(87)69-65-61-57-53-49-45-41-34-30-26-22-18-14-10-6-2/h21,25-26,30,33,36-37,39-40,43,48,52,60,64,79-81,86H,5-20,22-24,27-29,31-32,34-35,38,41-42,44-47,49-51,53-59,61-63,65-78H2,1-4H3,(H,91,92)(H,93,94)/b25-21-,30-26-,37-33-,40-39-,43-36-,52-48-,64-60-/t79-,80-,81-/m1/s1. The first-order valence-corrected chi connectivity index (χ1v) is 44.8. The predicted octanol–water partition coefficient (Wildman–Crippen LogP) is 24.6. The molecule has 17 nitrogen and oxygen atoms in total. The van der Waals surface area contributed by atoms with Gasteiger partial charge < -0.3 is 33.8 Å². The van der Waals surface area contributed by atoms with E-state index in [-0.39, 0.29) is 25.7 Å². The fourth-order valence-corrected chi connectivity index (χ4v) is 13.0. The summed E-state index contributed by atoms with van der Waals surface area (Å²) in [6.45, 7) is 4.80. The molecular weight excluding hydrogens is 1350 g/mol. The average molecular weight is 1510 g/mol. The van der Waals surface area contributed by atoms with Crippen LogP contribution in [0.25, 0.3) is 0 Å². The van der Waals surface area contributed by atoms with Crippen molar-refractivity contribution in [2.45, 2.75) is 393 Å². The van der Waals surface area contributed by atoms with Gasteiger partial charge in [0.15, 0.2) is 12.2 Å². The maximum atomic E-state index is 13.1. The number of allylic oxidation sites excluding steroid dienone is 14. The molecule has 0 fully saturated rings. The minimum atomic E-state index is -4.99. The number of aliphatic hydroxyl groups is 1. The zero-order valence-corrected chi connectivity index (χ0v) is 68.0. The monoisotopic (exact) mass is 1510 g/mol. The number of hydrogen-bond donors (Lipinski definition) is 3. The fraction of sp³-hybridized carbons (Fsp3) is 0.788. The molecule has 0 radical (unpaired) electrons. The van der Waals surface area contributed by atoms with Gasteiger partial charge in [-0.1, -0.05) is 318 Å². The molecule has 3 N–H and O–H groups in total. The molecule has 0 saturated heterocycles. The highest BCUT2D eigenvalue weighted by Crippen LogP contribution is 2.45. The molecule has 0 aliphatic rings. The Labute approximate surface area is 634 Å². The van der Waals surface area contributed by atoms with Gasteiger partial charge in [0.1, 0.15) is 19.3 Å². The molecule has 0 amide bonds. The summed E-state index contributed by atoms with van der Waals surface area (Å²) in [5.74, 6) is -2.26. The number of rotatable bonds is 79. The molecular formula is C85H152O17P2. The van der Waals surface area contributed by atoms with E-state index in [0.29, 0.717) is 32.1 Å². The molecule has 0 aromatic rings. The Morgan fingerprint density at radius 1 is 0.269 bits per heavy atom. The number of unbranched alkanes of at least 4 members (excludes halogenated alkanes) is 39. The van der Waals surface area contributed by atoms with Crippen molar-refractivity contribution in [1.29, 1.82) is 0 Å². The van der Waals surface area contributed by atoms with Crippen LogP contribution >= 0.6 is 15.6 Å². The second-order valence-corrected chi connectivity index (χ2v) is 31.0. The first-order valence-electron chi connectivity index (χ1n) is 41.8. The molecule has 0 rings (SSSR count). The molecule has 2 unspecified atom stereocenters. The van der Waals surface area contributed by atoms with E-state index < -0.39 is 97.5 Å². The minimum absolute atomic E-state index is 0.0253. The number of phosphoric ester groups is 2. The van der Waals surface area contributed by atoms with E-state index in [9.17, 15) is 43.2 Å². The van der Waals surface area contributed by atoms with Crippen molar-refractivity contribution in [3.63, 3.8) is 0 Å². The van der Waals surface area contributed by atoms with Crippen molar-refractivity contribution in [1.82, 2.24) is 0 Å². The predicted molar refractivity (Wildman–Crippen MR) is 427 cm³/mol. The van der Waals surface area contributed by atoms with E-state index in [1.165, 1.54) is 167 Å². The Balaban J connectivity index is 5.41. The maximum absolute atomic E-state index is 13.1. The third kappa shape index (κ3) is 76.4. The van der Waals surface area contributed by atoms with Gasteiger partial charge in [-0.2, -0.15) is 0 Å². The van der Waals surface area contributed by atoms with Gasteiger partial charge in [-0.25, -0.2) is 9.13 Å². The van der Waals surface area contributed by atoms with Crippen molar-refractivity contribution in [3.8, 4) is 0 Å². The van der Waals surface area contributed by atoms with Crippen LogP contribution in [0.5, 0.6) is 0 Å². The Hall–Kier alpha value is -3.76. The number of hydrogen-bond acceptors (Lipinski definition) is 15. The van der Waals surface area contributed by atoms with Crippen molar-refractivity contribution in [2.75, 3.05) is 39.6 Å². The number of phosphoric acid groups is 2. The van der Waals surface area contributed by atoms with E-state index in [1.807, 2.05) is 18.2 Å². The first-order chi connectivity index (χ1) is 50.7. The second kappa shape index (κ2) is 77.4. The lowest BCUT2D eigenvalue weighted by atomic mass is 10.0. The molecule has 0 heterocycles. The highest BCUT2D eigenvalue weighted by Gasteiger charge is 2.30. The van der Waals surface area contributed by atoms with E-state index in [0.717, 1.165) is 122 Å². The lowest BCUT2D eigenvalue weighted by Gasteiger charge is -2.21. The zero-order chi connectivity index (χ0) is 76.0. The van der Waals surface area contributed by atoms with Crippen LogP contribution in [0.15, 0.2) is 85.1 Å². The quantitative estimate of drug-likeness (QED) is 0.0169. The Morgan fingerprint density at radius 3 is 0.817 bits per heavy atom. The lowest BCUT2D eigenvalue weighted by Crippen LogP contribution is -2.30. The first kappa shape index (κ1) is 100. The molecule has 0 aromatic heterocycles. The average Bonchev–Trinajstić information content (AvgIpc) is 0.943. The van der Waals surface area contributed by atoms with Crippen LogP contribution < -0.4 is 0 Å². The van der Waals surface area contributed by atoms with Gasteiger partial charge in [-0.15, -0.1) is 0 Å². The summed E-state index contributed by atoms with van der Waals surface area (Å²) in [5.41, 5.74) is 0. The van der Waals surface area contributed by atoms with Gasteiger partial charge in [-0.3, -0.25) is 37.3 Å². The lowest BCUT2D eigenvalue weighted by molar-refractivity contribution is -0.161. The molecule has 0 aromatic carbocycles. The van der Waals surface area contributed by atoms with Gasteiger partial charge in [0.2, 0.25) is 0 Å². The smallest absolute Gasteiger partial charge is 0.462 e. The molecule has 604 valence electrons. The van der Waals surface area contributed by atoms with Gasteiger partial charge in [0.25, 0.3) is 0 Å². The second-order valence-electron chi connectivity index (χ2n) is 28.1. The van der Waals surface area contributed by atoms with Crippen LogP contribution in [0.3, 0.4) is 0 Å². The fourth-order valence-electron chi connectivity index (χ4n) is 11.4. The Morgan fingerprint density at radius 2 is 0.490 bits per heavy atom. The highest BCUT2D eigenvalue weighted by molar-refractivity contribution is 7.47. The molecule has 0 bridgehead atoms. The molecule has 0 aliphatic carbocycles. The van der Waals surface area contributed by atoms with Crippen molar-refractivity contribution < 1.29 is 80.2 Å². The Kier molecular flexibility index (Phi) is 74.6. The summed E-state index contributed by atoms with van der Waals surface area (Å²) in [6, 6.07) is 0. The molecule has 0 spiro atoms. The third-order valence-electron chi connectivity index (χ3n) is 17.8. The van der Waals surface area contributed by atoms with Crippen LogP contribution in [-0.4, -0.2) is 96.7 Å². The normalized spacial score (nSPS) is 14.3. The molecule has 5 atom stereocenters. The van der Waals surface area contributed by atoms with Crippen LogP contribution in [0.1, 0.15) is 374 Å². The van der Waals surface area contributed by atoms with Crippen molar-refractivity contribution >= 4 is 39.5 Å². The van der Waals surface area contributed by atoms with Crippen LogP contribution in [0.2, 0.25) is 0 Å². The third-order valence-corrected chi connectivity index (χ3v) is 19.7. The summed E-state index contributed by atoms with van der Waals surface area (Å²) >= 11 is 0. The van der Waals surface area contributed by atoms with E-state index >= 15 is 0 Å². The van der Waals surface area contributed by atoms with Crippen molar-refractivity contribution in [3.05, 3.63) is 85.1 Å². The van der Waals surface area contributed by atoms with Crippen molar-refractivity contribution in [2.24, 2.45) is 0 Å². The molecule has 104 heavy (non-hydrogen) atoms. The van der Waals surface area contributed by atoms with Crippen LogP contribution in [0, 0.1) is 0 Å². The van der Waals surface area contributed by atoms with E-state index in [2.05, 4.69) is 94.5 Å². The summed E-state index contributed by atoms with van der Waals surface area (Å²) in [7, 11) is -9.98. The summed E-state index contributed by atoms with van der Waals surface area (Å²) < 4.78 is 68.6. The summed E-state index contributed by atoms with van der Waals surface area (Å²) in [5, 5.41) is 10.7. The Bertz CT molecular complexity index is 2300. The number of carbonyl (C=O) groups is 4. The molecule has 19 heteroatoms. The molecule has 0 aliphatic heterocycles.